The van der Waals surface area contributed by atoms with Crippen LogP contribution >= 0.6 is 0 Å². The van der Waals surface area contributed by atoms with Crippen LogP contribution in [0, 0.1) is 0 Å². The average Bonchev–Trinajstić information content (AvgIpc) is 2.69. The number of hydrogen-bond donors (Lipinski definition) is 1. The molecule has 110 valence electrons. The van der Waals surface area contributed by atoms with E-state index in [1.807, 2.05) is 13.0 Å². The Morgan fingerprint density at radius 1 is 1.30 bits per heavy atom. The van der Waals surface area contributed by atoms with Crippen LogP contribution < -0.4 is 9.47 Å². The number of esters is 1. The molecule has 0 aliphatic carbocycles. The zero-order valence-corrected chi connectivity index (χ0v) is 11.8. The Morgan fingerprint density at radius 2 is 1.95 bits per heavy atom. The number of fused-ring (bicyclic) bond motifs is 1. The van der Waals surface area contributed by atoms with E-state index < -0.39 is 12.1 Å². The molecule has 1 unspecified atom stereocenters. The number of aliphatic hydroxyl groups is 1. The summed E-state index contributed by atoms with van der Waals surface area (Å²) in [6.45, 7) is 5.07. The zero-order valence-electron chi connectivity index (χ0n) is 11.8. The van der Waals surface area contributed by atoms with Gasteiger partial charge in [-0.05, 0) is 36.6 Å². The van der Waals surface area contributed by atoms with Crippen molar-refractivity contribution in [1.29, 1.82) is 0 Å². The van der Waals surface area contributed by atoms with Gasteiger partial charge in [-0.3, -0.25) is 0 Å². The van der Waals surface area contributed by atoms with Gasteiger partial charge in [-0.25, -0.2) is 4.79 Å². The van der Waals surface area contributed by atoms with Crippen LogP contribution in [0.25, 0.3) is 0 Å². The normalized spacial score (nSPS) is 15.3. The van der Waals surface area contributed by atoms with E-state index in [9.17, 15) is 9.90 Å². The van der Waals surface area contributed by atoms with E-state index in [1.165, 1.54) is 0 Å². The fourth-order valence-corrected chi connectivity index (χ4v) is 2.18. The summed E-state index contributed by atoms with van der Waals surface area (Å²) in [4.78, 5) is 11.7. The monoisotopic (exact) mass is 280 g/mol. The quantitative estimate of drug-likeness (QED) is 0.855. The van der Waals surface area contributed by atoms with Crippen molar-refractivity contribution >= 4 is 5.97 Å². The lowest BCUT2D eigenvalue weighted by atomic mass is 9.99. The van der Waals surface area contributed by atoms with E-state index >= 15 is 0 Å². The molecule has 1 atom stereocenters. The third-order valence-electron chi connectivity index (χ3n) is 3.19. The maximum atomic E-state index is 11.7. The van der Waals surface area contributed by atoms with Gasteiger partial charge in [0.25, 0.3) is 0 Å². The summed E-state index contributed by atoms with van der Waals surface area (Å²) in [6, 6.07) is 3.51. The van der Waals surface area contributed by atoms with Gasteiger partial charge >= 0.3 is 5.97 Å². The molecule has 0 saturated carbocycles. The highest BCUT2D eigenvalue weighted by molar-refractivity contribution is 5.77. The standard InChI is InChI=1S/C15H20O5/c1-3-10-8-12-13(20-7-5-6-19-12)9-11(10)14(16)15(17)18-4-2/h8-9,14,16H,3-7H2,1-2H3. The third kappa shape index (κ3) is 3.04. The Balaban J connectivity index is 2.36. The molecule has 0 bridgehead atoms. The molecule has 0 aromatic heterocycles. The van der Waals surface area contributed by atoms with Gasteiger partial charge in [0.15, 0.2) is 17.6 Å². The predicted molar refractivity (Wildman–Crippen MR) is 73.0 cm³/mol. The number of hydrogen-bond acceptors (Lipinski definition) is 5. The van der Waals surface area contributed by atoms with Crippen LogP contribution in [-0.2, 0) is 16.0 Å². The second-order valence-electron chi connectivity index (χ2n) is 4.56. The number of aliphatic hydroxyl groups excluding tert-OH is 1. The van der Waals surface area contributed by atoms with Gasteiger partial charge in [0, 0.05) is 6.42 Å². The van der Waals surface area contributed by atoms with Gasteiger partial charge < -0.3 is 19.3 Å². The van der Waals surface area contributed by atoms with Gasteiger partial charge in [-0.15, -0.1) is 0 Å². The van der Waals surface area contributed by atoms with Crippen molar-refractivity contribution in [3.05, 3.63) is 23.3 Å². The highest BCUT2D eigenvalue weighted by atomic mass is 16.5. The van der Waals surface area contributed by atoms with Crippen LogP contribution in [0.4, 0.5) is 0 Å². The number of carbonyl (C=O) groups excluding carboxylic acids is 1. The molecule has 1 N–H and O–H groups in total. The van der Waals surface area contributed by atoms with E-state index in [-0.39, 0.29) is 6.61 Å². The Bertz CT molecular complexity index is 483. The highest BCUT2D eigenvalue weighted by Crippen LogP contribution is 2.35. The summed E-state index contributed by atoms with van der Waals surface area (Å²) in [6.07, 6.45) is 0.205. The van der Waals surface area contributed by atoms with Crippen LogP contribution in [0.2, 0.25) is 0 Å². The predicted octanol–water partition coefficient (Wildman–Crippen LogP) is 2.01. The number of rotatable bonds is 4. The van der Waals surface area contributed by atoms with Crippen molar-refractivity contribution in [3.63, 3.8) is 0 Å². The average molecular weight is 280 g/mol. The van der Waals surface area contributed by atoms with Crippen molar-refractivity contribution in [2.75, 3.05) is 19.8 Å². The molecule has 1 aliphatic rings. The van der Waals surface area contributed by atoms with Crippen molar-refractivity contribution in [2.45, 2.75) is 32.8 Å². The van der Waals surface area contributed by atoms with Crippen LogP contribution in [0.1, 0.15) is 37.5 Å². The lowest BCUT2D eigenvalue weighted by molar-refractivity contribution is -0.153. The lowest BCUT2D eigenvalue weighted by Crippen LogP contribution is -2.17. The van der Waals surface area contributed by atoms with Crippen molar-refractivity contribution in [1.82, 2.24) is 0 Å². The molecular formula is C15H20O5. The van der Waals surface area contributed by atoms with E-state index in [1.54, 1.807) is 13.0 Å². The molecule has 1 aromatic carbocycles. The Hall–Kier alpha value is -1.75. The minimum absolute atomic E-state index is 0.238. The Kier molecular flexibility index (Phi) is 4.84. The first kappa shape index (κ1) is 14.7. The first-order valence-electron chi connectivity index (χ1n) is 6.94. The van der Waals surface area contributed by atoms with E-state index in [0.29, 0.717) is 36.7 Å². The fraction of sp³-hybridized carbons (Fsp3) is 0.533. The van der Waals surface area contributed by atoms with Crippen LogP contribution in [0.5, 0.6) is 11.5 Å². The molecule has 1 aliphatic heterocycles. The molecule has 0 fully saturated rings. The molecule has 2 rings (SSSR count). The molecule has 0 amide bonds. The number of ether oxygens (including phenoxy) is 3. The molecular weight excluding hydrogens is 260 g/mol. The van der Waals surface area contributed by atoms with E-state index in [2.05, 4.69) is 0 Å². The molecule has 1 aromatic rings. The topological polar surface area (TPSA) is 65.0 Å². The summed E-state index contributed by atoms with van der Waals surface area (Å²) in [5, 5.41) is 10.1. The summed E-state index contributed by atoms with van der Waals surface area (Å²) >= 11 is 0. The van der Waals surface area contributed by atoms with Crippen molar-refractivity contribution in [2.24, 2.45) is 0 Å². The van der Waals surface area contributed by atoms with Gasteiger partial charge in [0.05, 0.1) is 19.8 Å². The van der Waals surface area contributed by atoms with E-state index in [0.717, 1.165) is 12.0 Å². The molecule has 0 spiro atoms. The van der Waals surface area contributed by atoms with Gasteiger partial charge in [-0.2, -0.15) is 0 Å². The summed E-state index contributed by atoms with van der Waals surface area (Å²) in [7, 11) is 0. The first-order chi connectivity index (χ1) is 9.67. The van der Waals surface area contributed by atoms with Crippen LogP contribution in [0.15, 0.2) is 12.1 Å². The maximum absolute atomic E-state index is 11.7. The highest BCUT2D eigenvalue weighted by Gasteiger charge is 2.24. The molecule has 1 heterocycles. The number of aryl methyl sites for hydroxylation is 1. The summed E-state index contributed by atoms with van der Waals surface area (Å²) in [5.74, 6) is 0.592. The van der Waals surface area contributed by atoms with Crippen LogP contribution in [-0.4, -0.2) is 30.9 Å². The molecule has 5 nitrogen and oxygen atoms in total. The second kappa shape index (κ2) is 6.61. The Morgan fingerprint density at radius 3 is 2.55 bits per heavy atom. The number of carbonyl (C=O) groups is 1. The van der Waals surface area contributed by atoms with Gasteiger partial charge in [0.2, 0.25) is 0 Å². The molecule has 5 heteroatoms. The molecule has 0 saturated heterocycles. The zero-order chi connectivity index (χ0) is 14.5. The maximum Gasteiger partial charge on any atom is 0.339 e. The SMILES string of the molecule is CCOC(=O)C(O)c1cc2c(cc1CC)OCCCO2. The van der Waals surface area contributed by atoms with Crippen molar-refractivity contribution in [3.8, 4) is 11.5 Å². The third-order valence-corrected chi connectivity index (χ3v) is 3.19. The number of benzene rings is 1. The minimum Gasteiger partial charge on any atom is -0.490 e. The molecule has 20 heavy (non-hydrogen) atoms. The largest absolute Gasteiger partial charge is 0.490 e. The van der Waals surface area contributed by atoms with E-state index in [4.69, 9.17) is 14.2 Å². The Labute approximate surface area is 118 Å². The van der Waals surface area contributed by atoms with Crippen LogP contribution in [0.3, 0.4) is 0 Å². The second-order valence-corrected chi connectivity index (χ2v) is 4.56. The first-order valence-corrected chi connectivity index (χ1v) is 6.94. The minimum atomic E-state index is -1.29. The molecule has 0 radical (unpaired) electrons. The van der Waals surface area contributed by atoms with Crippen molar-refractivity contribution < 1.29 is 24.1 Å². The summed E-state index contributed by atoms with van der Waals surface area (Å²) < 4.78 is 16.1. The van der Waals surface area contributed by atoms with Gasteiger partial charge in [0.1, 0.15) is 0 Å². The van der Waals surface area contributed by atoms with Gasteiger partial charge in [-0.1, -0.05) is 6.92 Å². The lowest BCUT2D eigenvalue weighted by Gasteiger charge is -2.17. The summed E-state index contributed by atoms with van der Waals surface area (Å²) in [5.41, 5.74) is 1.38. The smallest absolute Gasteiger partial charge is 0.339 e. The fourth-order valence-electron chi connectivity index (χ4n) is 2.18.